The van der Waals surface area contributed by atoms with E-state index in [4.69, 9.17) is 5.73 Å². The molecule has 0 radical (unpaired) electrons. The molecule has 0 aromatic carbocycles. The lowest BCUT2D eigenvalue weighted by atomic mass is 9.96. The van der Waals surface area contributed by atoms with Crippen LogP contribution in [0, 0.1) is 6.92 Å². The fourth-order valence-electron chi connectivity index (χ4n) is 2.90. The number of aryl methyl sites for hydroxylation is 2. The van der Waals surface area contributed by atoms with E-state index in [-0.39, 0.29) is 0 Å². The Morgan fingerprint density at radius 3 is 2.72 bits per heavy atom. The SMILES string of the molecule is Cc1nn(C)c(CN2C(C)CCCC2CN)c1Br. The number of aromatic nitrogens is 2. The van der Waals surface area contributed by atoms with Gasteiger partial charge in [0.2, 0.25) is 0 Å². The Balaban J connectivity index is 2.20. The summed E-state index contributed by atoms with van der Waals surface area (Å²) < 4.78 is 3.12. The number of rotatable bonds is 3. The molecule has 1 aromatic rings. The van der Waals surface area contributed by atoms with Crippen molar-refractivity contribution in [3.63, 3.8) is 0 Å². The van der Waals surface area contributed by atoms with Gasteiger partial charge in [0.25, 0.3) is 0 Å². The molecule has 2 N–H and O–H groups in total. The minimum Gasteiger partial charge on any atom is -0.329 e. The van der Waals surface area contributed by atoms with Crippen LogP contribution in [0.1, 0.15) is 37.6 Å². The molecule has 0 saturated carbocycles. The second-order valence-electron chi connectivity index (χ2n) is 5.31. The summed E-state index contributed by atoms with van der Waals surface area (Å²) in [5.74, 6) is 0. The molecule has 2 atom stereocenters. The van der Waals surface area contributed by atoms with Gasteiger partial charge in [-0.3, -0.25) is 9.58 Å². The highest BCUT2D eigenvalue weighted by atomic mass is 79.9. The molecule has 2 heterocycles. The van der Waals surface area contributed by atoms with Gasteiger partial charge >= 0.3 is 0 Å². The van der Waals surface area contributed by atoms with Crippen LogP contribution in [0.5, 0.6) is 0 Å². The van der Waals surface area contributed by atoms with E-state index in [0.717, 1.165) is 23.3 Å². The van der Waals surface area contributed by atoms with Crippen molar-refractivity contribution < 1.29 is 0 Å². The Morgan fingerprint density at radius 1 is 1.44 bits per heavy atom. The Hall–Kier alpha value is -0.390. The number of hydrogen-bond donors (Lipinski definition) is 1. The number of likely N-dealkylation sites (tertiary alicyclic amines) is 1. The average Bonchev–Trinajstić information content (AvgIpc) is 2.58. The van der Waals surface area contributed by atoms with Crippen molar-refractivity contribution >= 4 is 15.9 Å². The topological polar surface area (TPSA) is 47.1 Å². The molecule has 1 fully saturated rings. The monoisotopic (exact) mass is 314 g/mol. The molecule has 1 aliphatic rings. The van der Waals surface area contributed by atoms with Crippen LogP contribution in [0.4, 0.5) is 0 Å². The zero-order valence-corrected chi connectivity index (χ0v) is 13.1. The maximum absolute atomic E-state index is 5.92. The van der Waals surface area contributed by atoms with Crippen molar-refractivity contribution in [1.29, 1.82) is 0 Å². The Bertz CT molecular complexity index is 415. The zero-order valence-electron chi connectivity index (χ0n) is 11.5. The third-order valence-corrected chi connectivity index (χ3v) is 5.09. The van der Waals surface area contributed by atoms with Gasteiger partial charge in [-0.15, -0.1) is 0 Å². The summed E-state index contributed by atoms with van der Waals surface area (Å²) in [6.45, 7) is 6.02. The molecule has 4 nitrogen and oxygen atoms in total. The van der Waals surface area contributed by atoms with E-state index in [9.17, 15) is 0 Å². The van der Waals surface area contributed by atoms with Crippen LogP contribution in [0.15, 0.2) is 4.47 Å². The van der Waals surface area contributed by atoms with Gasteiger partial charge in [0, 0.05) is 32.2 Å². The lowest BCUT2D eigenvalue weighted by Crippen LogP contribution is -2.48. The molecule has 1 aliphatic heterocycles. The molecule has 0 spiro atoms. The molecule has 1 saturated heterocycles. The Kier molecular flexibility index (Phi) is 4.45. The third-order valence-electron chi connectivity index (χ3n) is 4.06. The summed E-state index contributed by atoms with van der Waals surface area (Å²) in [6, 6.07) is 1.12. The Labute approximate surface area is 118 Å². The van der Waals surface area contributed by atoms with Crippen molar-refractivity contribution in [2.45, 2.75) is 51.7 Å². The van der Waals surface area contributed by atoms with E-state index in [2.05, 4.69) is 32.9 Å². The molecule has 18 heavy (non-hydrogen) atoms. The second-order valence-corrected chi connectivity index (χ2v) is 6.10. The smallest absolute Gasteiger partial charge is 0.0739 e. The van der Waals surface area contributed by atoms with Crippen molar-refractivity contribution in [2.24, 2.45) is 12.8 Å². The first-order valence-electron chi connectivity index (χ1n) is 6.68. The van der Waals surface area contributed by atoms with Crippen molar-refractivity contribution in [2.75, 3.05) is 6.54 Å². The zero-order chi connectivity index (χ0) is 13.3. The first-order valence-corrected chi connectivity index (χ1v) is 7.47. The lowest BCUT2D eigenvalue weighted by Gasteiger charge is -2.40. The first-order chi connectivity index (χ1) is 8.54. The summed E-state index contributed by atoms with van der Waals surface area (Å²) in [7, 11) is 2.01. The number of nitrogens with two attached hydrogens (primary N) is 1. The van der Waals surface area contributed by atoms with Gasteiger partial charge in [0.15, 0.2) is 0 Å². The molecule has 2 rings (SSSR count). The number of nitrogens with zero attached hydrogens (tertiary/aromatic N) is 3. The fraction of sp³-hybridized carbons (Fsp3) is 0.769. The lowest BCUT2D eigenvalue weighted by molar-refractivity contribution is 0.0862. The van der Waals surface area contributed by atoms with Gasteiger partial charge in [0.05, 0.1) is 15.9 Å². The van der Waals surface area contributed by atoms with Gasteiger partial charge < -0.3 is 5.73 Å². The van der Waals surface area contributed by atoms with E-state index in [1.54, 1.807) is 0 Å². The summed E-state index contributed by atoms with van der Waals surface area (Å²) in [4.78, 5) is 2.53. The molecular weight excluding hydrogens is 292 g/mol. The second kappa shape index (κ2) is 5.72. The Morgan fingerprint density at radius 2 is 2.17 bits per heavy atom. The largest absolute Gasteiger partial charge is 0.329 e. The van der Waals surface area contributed by atoms with E-state index >= 15 is 0 Å². The summed E-state index contributed by atoms with van der Waals surface area (Å²) in [5.41, 5.74) is 8.22. The maximum Gasteiger partial charge on any atom is 0.0739 e. The molecule has 0 amide bonds. The van der Waals surface area contributed by atoms with Crippen LogP contribution in [-0.4, -0.2) is 33.3 Å². The average molecular weight is 315 g/mol. The predicted octanol–water partition coefficient (Wildman–Crippen LogP) is 2.19. The standard InChI is InChI=1S/C13H23BrN4/c1-9-5-4-6-11(7-15)18(9)8-12-13(14)10(2)16-17(12)3/h9,11H,4-8,15H2,1-3H3. The van der Waals surface area contributed by atoms with E-state index in [1.807, 2.05) is 18.7 Å². The molecule has 2 unspecified atom stereocenters. The van der Waals surface area contributed by atoms with Crippen LogP contribution in [-0.2, 0) is 13.6 Å². The molecule has 1 aromatic heterocycles. The highest BCUT2D eigenvalue weighted by molar-refractivity contribution is 9.10. The maximum atomic E-state index is 5.92. The number of piperidine rings is 1. The van der Waals surface area contributed by atoms with Crippen LogP contribution >= 0.6 is 15.9 Å². The predicted molar refractivity (Wildman–Crippen MR) is 77.3 cm³/mol. The van der Waals surface area contributed by atoms with E-state index < -0.39 is 0 Å². The number of halogens is 1. The molecule has 102 valence electrons. The highest BCUT2D eigenvalue weighted by Crippen LogP contribution is 2.28. The van der Waals surface area contributed by atoms with Crippen LogP contribution < -0.4 is 5.73 Å². The normalized spacial score (nSPS) is 25.6. The minimum atomic E-state index is 0.510. The summed E-state index contributed by atoms with van der Waals surface area (Å²) in [6.07, 6.45) is 3.78. The van der Waals surface area contributed by atoms with E-state index in [1.165, 1.54) is 25.0 Å². The first kappa shape index (κ1) is 14.0. The van der Waals surface area contributed by atoms with Crippen LogP contribution in [0.2, 0.25) is 0 Å². The third kappa shape index (κ3) is 2.63. The van der Waals surface area contributed by atoms with Crippen molar-refractivity contribution in [3.05, 3.63) is 15.9 Å². The van der Waals surface area contributed by atoms with Crippen molar-refractivity contribution in [1.82, 2.24) is 14.7 Å². The van der Waals surface area contributed by atoms with Crippen LogP contribution in [0.25, 0.3) is 0 Å². The quantitative estimate of drug-likeness (QED) is 0.930. The molecule has 0 aliphatic carbocycles. The molecular formula is C13H23BrN4. The highest BCUT2D eigenvalue weighted by Gasteiger charge is 2.28. The summed E-state index contributed by atoms with van der Waals surface area (Å²) in [5, 5.41) is 4.46. The summed E-state index contributed by atoms with van der Waals surface area (Å²) >= 11 is 3.65. The minimum absolute atomic E-state index is 0.510. The van der Waals surface area contributed by atoms with Gasteiger partial charge in [-0.2, -0.15) is 5.10 Å². The molecule has 5 heteroatoms. The van der Waals surface area contributed by atoms with Gasteiger partial charge in [-0.1, -0.05) is 6.42 Å². The van der Waals surface area contributed by atoms with Gasteiger partial charge in [-0.25, -0.2) is 0 Å². The van der Waals surface area contributed by atoms with Crippen LogP contribution in [0.3, 0.4) is 0 Å². The van der Waals surface area contributed by atoms with Crippen molar-refractivity contribution in [3.8, 4) is 0 Å². The van der Waals surface area contributed by atoms with Gasteiger partial charge in [-0.05, 0) is 42.6 Å². The van der Waals surface area contributed by atoms with E-state index in [0.29, 0.717) is 12.1 Å². The fourth-order valence-corrected chi connectivity index (χ4v) is 3.36. The van der Waals surface area contributed by atoms with Gasteiger partial charge in [0.1, 0.15) is 0 Å². The molecule has 0 bridgehead atoms. The number of hydrogen-bond acceptors (Lipinski definition) is 3.